The van der Waals surface area contributed by atoms with E-state index in [0.717, 1.165) is 0 Å². The van der Waals surface area contributed by atoms with E-state index in [2.05, 4.69) is 10.6 Å². The molecule has 6 heteroatoms. The second kappa shape index (κ2) is 10.6. The number of carbonyl (C=O) groups excluding carboxylic acids is 2. The van der Waals surface area contributed by atoms with Crippen LogP contribution in [-0.2, 0) is 19.1 Å². The molecule has 0 radical (unpaired) electrons. The second-order valence-corrected chi connectivity index (χ2v) is 5.43. The summed E-state index contributed by atoms with van der Waals surface area (Å²) in [5, 5.41) is 5.52. The van der Waals surface area contributed by atoms with Gasteiger partial charge in [-0.1, -0.05) is 27.7 Å². The highest BCUT2D eigenvalue weighted by Crippen LogP contribution is 2.11. The number of hydrogen-bond acceptors (Lipinski definition) is 4. The first-order valence-corrected chi connectivity index (χ1v) is 7.08. The van der Waals surface area contributed by atoms with Crippen molar-refractivity contribution in [2.75, 3.05) is 39.5 Å². The molecule has 0 atom stereocenters. The molecule has 20 heavy (non-hydrogen) atoms. The summed E-state index contributed by atoms with van der Waals surface area (Å²) in [5.74, 6) is 0.0449. The molecule has 0 aromatic heterocycles. The first-order valence-electron chi connectivity index (χ1n) is 7.08. The molecule has 6 nitrogen and oxygen atoms in total. The normalized spacial score (nSPS) is 11.2. The Labute approximate surface area is 121 Å². The predicted molar refractivity (Wildman–Crippen MR) is 77.4 cm³/mol. The molecule has 0 saturated carbocycles. The van der Waals surface area contributed by atoms with Crippen LogP contribution in [0.4, 0.5) is 0 Å². The third-order valence-electron chi connectivity index (χ3n) is 2.47. The van der Waals surface area contributed by atoms with Crippen molar-refractivity contribution in [3.63, 3.8) is 0 Å². The van der Waals surface area contributed by atoms with Crippen LogP contribution in [0.3, 0.4) is 0 Å². The molecule has 0 bridgehead atoms. The lowest BCUT2D eigenvalue weighted by Crippen LogP contribution is -2.36. The number of amides is 2. The average molecular weight is 288 g/mol. The quantitative estimate of drug-likeness (QED) is 0.580. The summed E-state index contributed by atoms with van der Waals surface area (Å²) >= 11 is 0. The van der Waals surface area contributed by atoms with E-state index in [4.69, 9.17) is 9.47 Å². The maximum atomic E-state index is 11.5. The van der Waals surface area contributed by atoms with Crippen LogP contribution in [0.2, 0.25) is 0 Å². The molecule has 0 unspecified atom stereocenters. The van der Waals surface area contributed by atoms with Crippen LogP contribution >= 0.6 is 0 Å². The van der Waals surface area contributed by atoms with Crippen molar-refractivity contribution < 1.29 is 19.1 Å². The Hall–Kier alpha value is -1.14. The van der Waals surface area contributed by atoms with Crippen LogP contribution < -0.4 is 10.6 Å². The summed E-state index contributed by atoms with van der Waals surface area (Å²) in [6, 6.07) is 0. The molecule has 0 aromatic rings. The molecule has 2 N–H and O–H groups in total. The van der Waals surface area contributed by atoms with Gasteiger partial charge in [0.05, 0.1) is 26.4 Å². The zero-order valence-corrected chi connectivity index (χ0v) is 13.1. The molecular formula is C14H28N2O4. The van der Waals surface area contributed by atoms with Gasteiger partial charge in [0.2, 0.25) is 11.8 Å². The van der Waals surface area contributed by atoms with E-state index in [1.165, 1.54) is 0 Å². The largest absolute Gasteiger partial charge is 0.377 e. The highest BCUT2D eigenvalue weighted by Gasteiger charge is 2.20. The van der Waals surface area contributed by atoms with Crippen LogP contribution in [-0.4, -0.2) is 51.3 Å². The third-order valence-corrected chi connectivity index (χ3v) is 2.47. The predicted octanol–water partition coefficient (Wildman–Crippen LogP) is 0.708. The van der Waals surface area contributed by atoms with Crippen LogP contribution in [0, 0.1) is 5.41 Å². The van der Waals surface area contributed by atoms with Crippen LogP contribution in [0.5, 0.6) is 0 Å². The topological polar surface area (TPSA) is 76.7 Å². The van der Waals surface area contributed by atoms with E-state index < -0.39 is 0 Å². The van der Waals surface area contributed by atoms with Crippen LogP contribution in [0.1, 0.15) is 34.1 Å². The highest BCUT2D eigenvalue weighted by atomic mass is 16.5. The molecular weight excluding hydrogens is 260 g/mol. The molecule has 0 saturated heterocycles. The van der Waals surface area contributed by atoms with Gasteiger partial charge in [0.1, 0.15) is 0 Å². The van der Waals surface area contributed by atoms with Gasteiger partial charge in [0.25, 0.3) is 0 Å². The maximum absolute atomic E-state index is 11.5. The third kappa shape index (κ3) is 10.8. The van der Waals surface area contributed by atoms with Gasteiger partial charge in [-0.3, -0.25) is 9.59 Å². The Kier molecular flexibility index (Phi) is 10.0. The van der Waals surface area contributed by atoms with Gasteiger partial charge in [0.15, 0.2) is 0 Å². The number of ether oxygens (including phenoxy) is 2. The van der Waals surface area contributed by atoms with E-state index >= 15 is 0 Å². The number of nitrogens with one attached hydrogen (secondary N) is 2. The van der Waals surface area contributed by atoms with Crippen molar-refractivity contribution in [2.45, 2.75) is 34.1 Å². The number of hydrogen-bond donors (Lipinski definition) is 2. The Morgan fingerprint density at radius 3 is 1.85 bits per heavy atom. The van der Waals surface area contributed by atoms with Crippen molar-refractivity contribution in [1.82, 2.24) is 10.6 Å². The molecule has 0 rings (SSSR count). The molecule has 2 amide bonds. The lowest BCUT2D eigenvalue weighted by Gasteiger charge is -2.17. The van der Waals surface area contributed by atoms with Gasteiger partial charge in [-0.2, -0.15) is 0 Å². The van der Waals surface area contributed by atoms with Crippen molar-refractivity contribution in [2.24, 2.45) is 5.41 Å². The van der Waals surface area contributed by atoms with Gasteiger partial charge < -0.3 is 20.1 Å². The monoisotopic (exact) mass is 288 g/mol. The highest BCUT2D eigenvalue weighted by molar-refractivity contribution is 5.81. The van der Waals surface area contributed by atoms with Gasteiger partial charge in [-0.05, 0) is 0 Å². The Bertz CT molecular complexity index is 287. The summed E-state index contributed by atoms with van der Waals surface area (Å²) in [6.07, 6.45) is 0.489. The second-order valence-electron chi connectivity index (χ2n) is 5.43. The molecule has 0 spiro atoms. The van der Waals surface area contributed by atoms with Crippen LogP contribution in [0.15, 0.2) is 0 Å². The van der Waals surface area contributed by atoms with Gasteiger partial charge in [-0.25, -0.2) is 0 Å². The zero-order chi connectivity index (χ0) is 15.4. The Morgan fingerprint density at radius 1 is 0.900 bits per heavy atom. The minimum atomic E-state index is -0.369. The molecule has 0 aromatic carbocycles. The van der Waals surface area contributed by atoms with E-state index in [0.29, 0.717) is 45.9 Å². The van der Waals surface area contributed by atoms with Gasteiger partial charge in [0, 0.05) is 24.9 Å². The van der Waals surface area contributed by atoms with Crippen molar-refractivity contribution in [3.8, 4) is 0 Å². The van der Waals surface area contributed by atoms with Gasteiger partial charge in [-0.15, -0.1) is 0 Å². The Morgan fingerprint density at radius 2 is 1.40 bits per heavy atom. The maximum Gasteiger partial charge on any atom is 0.225 e. The summed E-state index contributed by atoms with van der Waals surface area (Å²) in [6.45, 7) is 10.4. The average Bonchev–Trinajstić information content (AvgIpc) is 2.39. The fourth-order valence-corrected chi connectivity index (χ4v) is 1.21. The summed E-state index contributed by atoms with van der Waals surface area (Å²) in [4.78, 5) is 22.4. The van der Waals surface area contributed by atoms with Gasteiger partial charge >= 0.3 is 0 Å². The molecule has 0 heterocycles. The number of rotatable bonds is 10. The van der Waals surface area contributed by atoms with Crippen LogP contribution in [0.25, 0.3) is 0 Å². The number of carbonyl (C=O) groups is 2. The molecule has 0 aliphatic carbocycles. The summed E-state index contributed by atoms with van der Waals surface area (Å²) in [7, 11) is 0. The van der Waals surface area contributed by atoms with E-state index in [1.54, 1.807) is 0 Å². The molecule has 0 fully saturated rings. The SMILES string of the molecule is CCC(=O)NCCOCCOCCNC(=O)C(C)(C)C. The Balaban J connectivity index is 3.25. The zero-order valence-electron chi connectivity index (χ0n) is 13.1. The smallest absolute Gasteiger partial charge is 0.225 e. The fourth-order valence-electron chi connectivity index (χ4n) is 1.21. The van der Waals surface area contributed by atoms with E-state index in [1.807, 2.05) is 27.7 Å². The van der Waals surface area contributed by atoms with E-state index in [-0.39, 0.29) is 17.2 Å². The minimum Gasteiger partial charge on any atom is -0.377 e. The van der Waals surface area contributed by atoms with Crippen molar-refractivity contribution in [1.29, 1.82) is 0 Å². The van der Waals surface area contributed by atoms with E-state index in [9.17, 15) is 9.59 Å². The van der Waals surface area contributed by atoms with Crippen molar-refractivity contribution in [3.05, 3.63) is 0 Å². The molecule has 0 aliphatic rings. The standard InChI is InChI=1S/C14H28N2O4/c1-5-12(17)15-6-8-19-10-11-20-9-7-16-13(18)14(2,3)4/h5-11H2,1-4H3,(H,15,17)(H,16,18). The minimum absolute atomic E-state index is 0.0176. The summed E-state index contributed by atoms with van der Waals surface area (Å²) < 4.78 is 10.6. The molecule has 0 aliphatic heterocycles. The lowest BCUT2D eigenvalue weighted by molar-refractivity contribution is -0.128. The first kappa shape index (κ1) is 18.9. The first-order chi connectivity index (χ1) is 9.38. The summed E-state index contributed by atoms with van der Waals surface area (Å²) in [5.41, 5.74) is -0.369. The lowest BCUT2D eigenvalue weighted by atomic mass is 9.96. The fraction of sp³-hybridized carbons (Fsp3) is 0.857. The van der Waals surface area contributed by atoms with Crippen molar-refractivity contribution >= 4 is 11.8 Å². The molecule has 118 valence electrons.